The minimum absolute atomic E-state index is 0. The summed E-state index contributed by atoms with van der Waals surface area (Å²) in [5.74, 6) is 1.42. The number of hydrogen-bond donors (Lipinski definition) is 3. The lowest BCUT2D eigenvalue weighted by Crippen LogP contribution is -2.72. The van der Waals surface area contributed by atoms with Crippen LogP contribution in [-0.4, -0.2) is 55.0 Å². The molecule has 1 heterocycles. The van der Waals surface area contributed by atoms with E-state index in [9.17, 15) is 4.79 Å². The second-order valence-corrected chi connectivity index (χ2v) is 10.2. The number of fused-ring (bicyclic) bond motifs is 2. The molecule has 0 bridgehead atoms. The van der Waals surface area contributed by atoms with E-state index in [1.807, 2.05) is 34.6 Å². The number of nitrogens with zero attached hydrogens (tertiary/aromatic N) is 1. The Morgan fingerprint density at radius 1 is 1.24 bits per heavy atom. The highest BCUT2D eigenvalue weighted by Crippen LogP contribution is 2.62. The van der Waals surface area contributed by atoms with Crippen LogP contribution in [-0.2, 0) is 9.47 Å². The first-order valence-electron chi connectivity index (χ1n) is 10.7. The molecular weight excluding hydrogens is 483 g/mol. The highest BCUT2D eigenvalue weighted by molar-refractivity contribution is 14.0. The summed E-state index contributed by atoms with van der Waals surface area (Å²) in [6.45, 7) is 13.7. The molecule has 3 unspecified atom stereocenters. The van der Waals surface area contributed by atoms with Crippen molar-refractivity contribution in [1.82, 2.24) is 16.0 Å². The van der Waals surface area contributed by atoms with Crippen LogP contribution in [0.4, 0.5) is 4.79 Å². The maximum atomic E-state index is 12.1. The first-order chi connectivity index (χ1) is 13.1. The third kappa shape index (κ3) is 5.48. The topological polar surface area (TPSA) is 84.0 Å². The van der Waals surface area contributed by atoms with E-state index >= 15 is 0 Å². The molecule has 1 saturated heterocycles. The fraction of sp³-hybridized carbons (Fsp3) is 0.905. The van der Waals surface area contributed by atoms with Gasteiger partial charge in [-0.15, -0.1) is 24.0 Å². The van der Waals surface area contributed by atoms with Crippen molar-refractivity contribution in [2.45, 2.75) is 90.5 Å². The van der Waals surface area contributed by atoms with Gasteiger partial charge in [-0.25, -0.2) is 4.79 Å². The number of ether oxygens (including phenoxy) is 2. The second kappa shape index (κ2) is 9.16. The molecule has 8 heteroatoms. The summed E-state index contributed by atoms with van der Waals surface area (Å²) >= 11 is 0. The van der Waals surface area contributed by atoms with Gasteiger partial charge in [0.25, 0.3) is 0 Å². The molecule has 1 spiro atoms. The van der Waals surface area contributed by atoms with Crippen LogP contribution in [0.1, 0.15) is 67.2 Å². The number of rotatable bonds is 5. The number of alkyl carbamates (subject to hydrolysis) is 1. The molecule has 2 saturated carbocycles. The Kier molecular flexibility index (Phi) is 7.74. The fourth-order valence-electron chi connectivity index (χ4n) is 4.82. The molecule has 168 valence electrons. The molecule has 29 heavy (non-hydrogen) atoms. The predicted molar refractivity (Wildman–Crippen MR) is 126 cm³/mol. The molecule has 0 radical (unpaired) electrons. The predicted octanol–water partition coefficient (Wildman–Crippen LogP) is 3.42. The summed E-state index contributed by atoms with van der Waals surface area (Å²) in [4.78, 5) is 16.9. The number of guanidine groups is 1. The van der Waals surface area contributed by atoms with Crippen molar-refractivity contribution in [2.24, 2.45) is 16.3 Å². The number of amides is 1. The zero-order valence-corrected chi connectivity index (χ0v) is 21.1. The molecule has 7 nitrogen and oxygen atoms in total. The Morgan fingerprint density at radius 3 is 2.48 bits per heavy atom. The van der Waals surface area contributed by atoms with E-state index in [0.29, 0.717) is 30.0 Å². The van der Waals surface area contributed by atoms with Crippen molar-refractivity contribution >= 4 is 36.0 Å². The third-order valence-corrected chi connectivity index (χ3v) is 6.14. The van der Waals surface area contributed by atoms with Gasteiger partial charge in [0, 0.05) is 30.5 Å². The lowest BCUT2D eigenvalue weighted by molar-refractivity contribution is -0.171. The number of nitrogens with one attached hydrogen (secondary N) is 3. The largest absolute Gasteiger partial charge is 0.444 e. The van der Waals surface area contributed by atoms with Crippen LogP contribution in [0.5, 0.6) is 0 Å². The van der Waals surface area contributed by atoms with Crippen molar-refractivity contribution in [1.29, 1.82) is 0 Å². The van der Waals surface area contributed by atoms with Crippen molar-refractivity contribution < 1.29 is 14.3 Å². The van der Waals surface area contributed by atoms with Gasteiger partial charge in [0.1, 0.15) is 5.60 Å². The van der Waals surface area contributed by atoms with Gasteiger partial charge in [0.2, 0.25) is 0 Å². The van der Waals surface area contributed by atoms with Gasteiger partial charge in [-0.3, -0.25) is 4.99 Å². The molecule has 0 aromatic carbocycles. The van der Waals surface area contributed by atoms with E-state index in [1.165, 1.54) is 19.3 Å². The molecule has 1 aliphatic heterocycles. The smallest absolute Gasteiger partial charge is 0.408 e. The Hall–Kier alpha value is -0.770. The molecule has 1 amide bonds. The molecular formula is C21H39IN4O3. The fourth-order valence-corrected chi connectivity index (χ4v) is 4.82. The van der Waals surface area contributed by atoms with Gasteiger partial charge >= 0.3 is 6.09 Å². The zero-order valence-electron chi connectivity index (χ0n) is 18.8. The Bertz CT molecular complexity index is 614. The lowest BCUT2D eigenvalue weighted by atomic mass is 9.46. The standard InChI is InChI=1S/C21H38N4O3.HI/c1-7-22-17(23-13-20(5,6)25-18(26)28-19(2,3)4)24-15-14-9-12-27-16(14)21(15)10-8-11-21;/h14-16H,7-13H2,1-6H3,(H,25,26)(H2,22,23,24);1H. The average molecular weight is 522 g/mol. The minimum atomic E-state index is -0.513. The number of carbonyl (C=O) groups is 1. The van der Waals surface area contributed by atoms with E-state index in [2.05, 4.69) is 22.9 Å². The summed E-state index contributed by atoms with van der Waals surface area (Å²) < 4.78 is 11.4. The van der Waals surface area contributed by atoms with Crippen LogP contribution < -0.4 is 16.0 Å². The van der Waals surface area contributed by atoms with Crippen LogP contribution in [0.2, 0.25) is 0 Å². The number of halogens is 1. The maximum Gasteiger partial charge on any atom is 0.408 e. The molecule has 3 rings (SSSR count). The average Bonchev–Trinajstić information content (AvgIpc) is 2.91. The minimum Gasteiger partial charge on any atom is -0.444 e. The molecule has 3 N–H and O–H groups in total. The number of carbonyl (C=O) groups excluding carboxylic acids is 1. The van der Waals surface area contributed by atoms with Gasteiger partial charge in [-0.2, -0.15) is 0 Å². The molecule has 2 aliphatic carbocycles. The van der Waals surface area contributed by atoms with Gasteiger partial charge in [-0.1, -0.05) is 6.42 Å². The summed E-state index contributed by atoms with van der Waals surface area (Å²) in [6.07, 6.45) is 4.95. The molecule has 0 aromatic rings. The summed E-state index contributed by atoms with van der Waals surface area (Å²) in [5, 5.41) is 9.99. The van der Waals surface area contributed by atoms with Crippen LogP contribution in [0.15, 0.2) is 4.99 Å². The van der Waals surface area contributed by atoms with Gasteiger partial charge in [0.15, 0.2) is 5.96 Å². The van der Waals surface area contributed by atoms with Crippen molar-refractivity contribution in [3.05, 3.63) is 0 Å². The lowest BCUT2D eigenvalue weighted by Gasteiger charge is -2.63. The second-order valence-electron chi connectivity index (χ2n) is 10.2. The Morgan fingerprint density at radius 2 is 1.93 bits per heavy atom. The zero-order chi connectivity index (χ0) is 20.6. The van der Waals surface area contributed by atoms with E-state index in [-0.39, 0.29) is 24.0 Å². The van der Waals surface area contributed by atoms with Crippen LogP contribution in [0.25, 0.3) is 0 Å². The Labute approximate surface area is 192 Å². The van der Waals surface area contributed by atoms with E-state index in [1.54, 1.807) is 0 Å². The normalized spacial score (nSPS) is 27.8. The van der Waals surface area contributed by atoms with E-state index in [0.717, 1.165) is 25.5 Å². The Balaban J connectivity index is 0.00000300. The molecule has 0 aromatic heterocycles. The van der Waals surface area contributed by atoms with Crippen LogP contribution in [0.3, 0.4) is 0 Å². The summed E-state index contributed by atoms with van der Waals surface area (Å²) in [6, 6.07) is 0.438. The number of aliphatic imine (C=N–C) groups is 1. The van der Waals surface area contributed by atoms with E-state index < -0.39 is 17.2 Å². The SMILES string of the molecule is CCNC(=NCC(C)(C)NC(=O)OC(C)(C)C)NC1C2CCOC2C12CCC2.I. The number of hydrogen-bond acceptors (Lipinski definition) is 4. The van der Waals surface area contributed by atoms with Crippen LogP contribution in [0, 0.1) is 11.3 Å². The quantitative estimate of drug-likeness (QED) is 0.293. The maximum absolute atomic E-state index is 12.1. The van der Waals surface area contributed by atoms with Crippen LogP contribution >= 0.6 is 24.0 Å². The highest BCUT2D eigenvalue weighted by Gasteiger charge is 2.66. The van der Waals surface area contributed by atoms with Gasteiger partial charge < -0.3 is 25.4 Å². The van der Waals surface area contributed by atoms with Gasteiger partial charge in [-0.05, 0) is 60.8 Å². The van der Waals surface area contributed by atoms with Crippen molar-refractivity contribution in [2.75, 3.05) is 19.7 Å². The first-order valence-corrected chi connectivity index (χ1v) is 10.7. The van der Waals surface area contributed by atoms with Gasteiger partial charge in [0.05, 0.1) is 18.2 Å². The molecule has 3 atom stereocenters. The van der Waals surface area contributed by atoms with Crippen molar-refractivity contribution in [3.8, 4) is 0 Å². The molecule has 3 fully saturated rings. The summed E-state index contributed by atoms with van der Waals surface area (Å²) in [5.41, 5.74) is -0.708. The highest BCUT2D eigenvalue weighted by atomic mass is 127. The molecule has 3 aliphatic rings. The first kappa shape index (κ1) is 24.5. The monoisotopic (exact) mass is 522 g/mol. The van der Waals surface area contributed by atoms with E-state index in [4.69, 9.17) is 14.5 Å². The van der Waals surface area contributed by atoms with Crippen molar-refractivity contribution in [3.63, 3.8) is 0 Å². The third-order valence-electron chi connectivity index (χ3n) is 6.14. The summed E-state index contributed by atoms with van der Waals surface area (Å²) in [7, 11) is 0.